The average molecular weight is 1870 g/mol. The lowest BCUT2D eigenvalue weighted by atomic mass is 9.35. The van der Waals surface area contributed by atoms with E-state index in [4.69, 9.17) is 40.6 Å². The molecule has 11 bridgehead atoms. The van der Waals surface area contributed by atoms with E-state index in [1.807, 2.05) is 0 Å². The van der Waals surface area contributed by atoms with E-state index in [1.54, 1.807) is 0 Å². The Bertz CT molecular complexity index is 3710. The number of hydrogen-bond acceptors (Lipinski definition) is 12. The second-order valence-corrected chi connectivity index (χ2v) is 47.8. The van der Waals surface area contributed by atoms with Gasteiger partial charge in [-0.1, -0.05) is 533 Å². The van der Waals surface area contributed by atoms with Gasteiger partial charge >= 0.3 is 31.4 Å². The molecule has 2 aromatic heterocycles. The van der Waals surface area contributed by atoms with Crippen molar-refractivity contribution in [2.24, 2.45) is 5.41 Å². The molecule has 14 rings (SSSR count). The zero-order chi connectivity index (χ0) is 93.2. The van der Waals surface area contributed by atoms with Gasteiger partial charge in [0.1, 0.15) is 17.1 Å². The third-order valence-electron chi connectivity index (χ3n) is 31.8. The van der Waals surface area contributed by atoms with Crippen LogP contribution in [0.3, 0.4) is 0 Å². The largest absolute Gasteiger partial charge is 0.508 e. The third-order valence-corrected chi connectivity index (χ3v) is 35.0. The van der Waals surface area contributed by atoms with E-state index in [2.05, 4.69) is 135 Å². The van der Waals surface area contributed by atoms with E-state index >= 15 is 0 Å². The van der Waals surface area contributed by atoms with Crippen molar-refractivity contribution in [1.29, 1.82) is 0 Å². The SMILES string of the molecule is CCCCCCCCCCCCCC1(CCCCCCCCCCCCC)Op2oc3c4c5c(o2)c(c3C2(OP3OC(O3)C5(C)C)OP(OO4)O2)C(CCCCCCCCCCCCC)(c2cc(C(C)(C)C)c(O)cc2C)C(CCCCCCCCCCCCC)(CCCCCCCCCCCCC)C1(CCCCCCCCCCCCC)c1cc(C(C)(C)C)c(O)cc1C. The molecule has 3 unspecified atom stereocenters. The fourth-order valence-electron chi connectivity index (χ4n) is 24.4. The molecule has 11 heterocycles. The number of phenols is 2. The van der Waals surface area contributed by atoms with Gasteiger partial charge in [0.15, 0.2) is 11.9 Å². The van der Waals surface area contributed by atoms with Crippen molar-refractivity contribution in [1.82, 2.24) is 0 Å². The van der Waals surface area contributed by atoms with Crippen molar-refractivity contribution < 1.29 is 55.3 Å². The van der Waals surface area contributed by atoms with E-state index in [0.717, 1.165) is 155 Å². The van der Waals surface area contributed by atoms with Gasteiger partial charge in [-0.3, -0.25) is 13.6 Å². The summed E-state index contributed by atoms with van der Waals surface area (Å²) in [7, 11) is -6.61. The average Bonchev–Trinajstić information content (AvgIpc) is 1.19. The number of fused-ring (bicyclic) bond motifs is 1. The molecule has 3 aromatic carbocycles. The molecule has 9 aliphatic heterocycles. The minimum atomic E-state index is -2.44. The van der Waals surface area contributed by atoms with E-state index in [-0.39, 0.29) is 0 Å². The first-order valence-corrected chi connectivity index (χ1v) is 59.4. The van der Waals surface area contributed by atoms with Gasteiger partial charge in [0.25, 0.3) is 0 Å². The lowest BCUT2D eigenvalue weighted by Crippen LogP contribution is -2.70. The normalized spacial score (nSPS) is 20.9. The molecule has 746 valence electrons. The molecule has 0 radical (unpaired) electrons. The Hall–Kier alpha value is -2.46. The number of benzene rings is 3. The standard InChI is InChI=1S/C115H199O12P3/c1-17-23-29-35-41-47-53-59-65-71-77-83-111(84-78-72-66-60-54-48-42-36-30-24-18-2)113(87-81-75-69-63-57-51-45-39-33-27-21-5,95-91-97(108(9,10)11)99(116)89-93(95)7)101-102-106-105-103(110(15,16)107-121-129(122-107)124-115(102)125-130(126-115)127-118-105)104(101)119-128(120-106)123-112(85-79-73-67-61-55-49-43-37-31-25-19-3,86-80-74-68-62-56-50-44-38-32-26-20-4)114(111,88-82-76-70-64-58-52-46-40-34-28-22-6)96-92-98(109(12,13)14)100(117)90-94(96)8/h89-92,107,116-117H,17-88H2,1-16H3. The zero-order valence-corrected chi connectivity index (χ0v) is 89.8. The Morgan fingerprint density at radius 3 is 0.954 bits per heavy atom. The van der Waals surface area contributed by atoms with Crippen LogP contribution in [0.5, 0.6) is 17.2 Å². The summed E-state index contributed by atoms with van der Waals surface area (Å²) in [5.74, 6) is -0.842. The van der Waals surface area contributed by atoms with Crippen LogP contribution < -0.4 is 9.41 Å². The van der Waals surface area contributed by atoms with Gasteiger partial charge in [0.2, 0.25) is 5.75 Å². The van der Waals surface area contributed by atoms with Crippen molar-refractivity contribution in [2.75, 3.05) is 0 Å². The second-order valence-electron chi connectivity index (χ2n) is 44.8. The molecule has 1 spiro atoms. The second kappa shape index (κ2) is 57.9. The van der Waals surface area contributed by atoms with Crippen molar-refractivity contribution in [3.05, 3.63) is 74.3 Å². The van der Waals surface area contributed by atoms with Crippen LogP contribution in [0.1, 0.15) is 609 Å². The fourth-order valence-corrected chi connectivity index (χ4v) is 28.1. The Morgan fingerprint density at radius 1 is 0.315 bits per heavy atom. The van der Waals surface area contributed by atoms with Crippen LogP contribution >= 0.6 is 25.4 Å². The van der Waals surface area contributed by atoms with Gasteiger partial charge in [-0.25, -0.2) is 13.6 Å². The number of phenolic OH excluding ortho intramolecular Hbond substituents is 2. The number of aromatic hydroxyl groups is 2. The summed E-state index contributed by atoms with van der Waals surface area (Å²) in [6, 6.07) is 9.67. The number of unbranched alkanes of at least 4 members (excludes halogenated alkanes) is 60. The minimum absolute atomic E-state index is 0.332. The Kier molecular flexibility index (Phi) is 49.5. The van der Waals surface area contributed by atoms with Gasteiger partial charge < -0.3 is 23.5 Å². The Labute approximate surface area is 801 Å². The predicted octanol–water partition coefficient (Wildman–Crippen LogP) is 40.4. The highest BCUT2D eigenvalue weighted by atomic mass is 31.2. The van der Waals surface area contributed by atoms with Crippen molar-refractivity contribution >= 4 is 36.6 Å². The smallest absolute Gasteiger partial charge is 0.388 e. The highest BCUT2D eigenvalue weighted by Gasteiger charge is 2.75. The van der Waals surface area contributed by atoms with Gasteiger partial charge in [0.05, 0.1) is 16.7 Å². The molecule has 12 nitrogen and oxygen atoms in total. The maximum atomic E-state index is 13.4. The van der Waals surface area contributed by atoms with Crippen LogP contribution in [-0.2, 0) is 60.3 Å². The number of aryl methyl sites for hydroxylation is 2. The van der Waals surface area contributed by atoms with Crippen molar-refractivity contribution in [2.45, 2.75) is 618 Å². The molecular formula is C115H199O12P3. The number of rotatable bonds is 74. The Balaban J connectivity index is 1.49. The van der Waals surface area contributed by atoms with E-state index in [1.165, 1.54) is 351 Å². The first-order valence-electron chi connectivity index (χ1n) is 56.1. The molecule has 2 fully saturated rings. The third kappa shape index (κ3) is 30.3. The highest BCUT2D eigenvalue weighted by Crippen LogP contribution is 2.80. The van der Waals surface area contributed by atoms with Crippen LogP contribution in [0.25, 0.3) is 11.2 Å². The van der Waals surface area contributed by atoms with E-state index in [9.17, 15) is 14.7 Å². The topological polar surface area (TPSA) is 141 Å². The molecule has 0 aliphatic carbocycles. The van der Waals surface area contributed by atoms with Crippen LogP contribution in [0.15, 0.2) is 32.7 Å². The molecule has 5 aromatic rings. The van der Waals surface area contributed by atoms with Crippen LogP contribution in [0.4, 0.5) is 0 Å². The molecule has 3 atom stereocenters. The molecule has 15 heteroatoms. The molecular weight excluding hydrogens is 1670 g/mol. The van der Waals surface area contributed by atoms with Gasteiger partial charge in [-0.2, -0.15) is 0 Å². The lowest BCUT2D eigenvalue weighted by molar-refractivity contribution is -0.361. The van der Waals surface area contributed by atoms with Crippen LogP contribution in [0, 0.1) is 19.3 Å². The summed E-state index contributed by atoms with van der Waals surface area (Å²) in [5.41, 5.74) is 4.49. The Morgan fingerprint density at radius 2 is 0.608 bits per heavy atom. The summed E-state index contributed by atoms with van der Waals surface area (Å²) >= 11 is 0. The maximum absolute atomic E-state index is 13.4. The summed E-state index contributed by atoms with van der Waals surface area (Å²) in [5, 5.41) is 26.8. The predicted molar refractivity (Wildman–Crippen MR) is 553 cm³/mol. The lowest BCUT2D eigenvalue weighted by Gasteiger charge is -2.68. The molecule has 0 amide bonds. The van der Waals surface area contributed by atoms with Gasteiger partial charge in [-0.15, -0.1) is 4.67 Å². The quantitative estimate of drug-likeness (QED) is 0.0247. The number of hydrogen-bond donors (Lipinski definition) is 2. The van der Waals surface area contributed by atoms with Crippen molar-refractivity contribution in [3.8, 4) is 17.2 Å². The van der Waals surface area contributed by atoms with E-state index < -0.39 is 75.8 Å². The van der Waals surface area contributed by atoms with E-state index in [0.29, 0.717) is 34.0 Å². The monoisotopic (exact) mass is 1870 g/mol. The maximum Gasteiger partial charge on any atom is 0.388 e. The highest BCUT2D eigenvalue weighted by molar-refractivity contribution is 7.44. The molecule has 0 saturated carbocycles. The summed E-state index contributed by atoms with van der Waals surface area (Å²) in [6.07, 6.45) is 85.6. The first kappa shape index (κ1) is 111. The molecule has 2 N–H and O–H groups in total. The zero-order valence-electron chi connectivity index (χ0n) is 87.1. The first-order chi connectivity index (χ1) is 63.0. The minimum Gasteiger partial charge on any atom is -0.508 e. The summed E-state index contributed by atoms with van der Waals surface area (Å²) in [4.78, 5) is 7.07. The van der Waals surface area contributed by atoms with Crippen LogP contribution in [-0.4, -0.2) is 22.1 Å². The van der Waals surface area contributed by atoms with Crippen LogP contribution in [0.2, 0.25) is 0 Å². The van der Waals surface area contributed by atoms with Gasteiger partial charge in [-0.05, 0) is 114 Å². The summed E-state index contributed by atoms with van der Waals surface area (Å²) in [6.45, 7) is 37.3. The molecule has 2 saturated heterocycles. The molecule has 9 aliphatic rings. The van der Waals surface area contributed by atoms with Crippen molar-refractivity contribution in [3.63, 3.8) is 0 Å². The molecule has 130 heavy (non-hydrogen) atoms. The summed E-state index contributed by atoms with van der Waals surface area (Å²) < 4.78 is 69.4. The van der Waals surface area contributed by atoms with Gasteiger partial charge in [0, 0.05) is 21.8 Å². The fraction of sp³-hybridized carbons (Fsp3) is 0.843.